The van der Waals surface area contributed by atoms with Crippen molar-refractivity contribution < 1.29 is 9.53 Å². The molecule has 1 aromatic carbocycles. The normalized spacial score (nSPS) is 17.0. The van der Waals surface area contributed by atoms with Crippen LogP contribution in [0.25, 0.3) is 11.3 Å². The van der Waals surface area contributed by atoms with Crippen LogP contribution in [0.1, 0.15) is 28.5 Å². The highest BCUT2D eigenvalue weighted by atomic mass is 16.5. The molecule has 1 saturated heterocycles. The lowest BCUT2D eigenvalue weighted by Gasteiger charge is -2.14. The molecule has 1 aliphatic heterocycles. The van der Waals surface area contributed by atoms with Crippen molar-refractivity contribution in [3.63, 3.8) is 0 Å². The molecule has 2 aromatic heterocycles. The highest BCUT2D eigenvalue weighted by Crippen LogP contribution is 2.29. The van der Waals surface area contributed by atoms with Gasteiger partial charge in [0.1, 0.15) is 11.4 Å². The fourth-order valence-electron chi connectivity index (χ4n) is 3.20. The number of carbonyl (C=O) groups is 1. The molecule has 0 saturated carbocycles. The smallest absolute Gasteiger partial charge is 0.271 e. The lowest BCUT2D eigenvalue weighted by molar-refractivity contribution is 0.0785. The van der Waals surface area contributed by atoms with Crippen LogP contribution in [0.2, 0.25) is 0 Å². The highest BCUT2D eigenvalue weighted by molar-refractivity contribution is 5.92. The number of benzene rings is 1. The lowest BCUT2D eigenvalue weighted by Crippen LogP contribution is -2.28. The molecule has 2 N–H and O–H groups in total. The summed E-state index contributed by atoms with van der Waals surface area (Å²) in [4.78, 5) is 14.2. The van der Waals surface area contributed by atoms with E-state index in [9.17, 15) is 4.79 Å². The maximum absolute atomic E-state index is 12.4. The summed E-state index contributed by atoms with van der Waals surface area (Å²) in [5.41, 5.74) is 3.53. The molecule has 1 atom stereocenters. The molecule has 0 aliphatic carbocycles. The van der Waals surface area contributed by atoms with E-state index in [2.05, 4.69) is 26.5 Å². The summed E-state index contributed by atoms with van der Waals surface area (Å²) >= 11 is 0. The first-order chi connectivity index (χ1) is 12.2. The molecule has 4 rings (SSSR count). The monoisotopic (exact) mass is 337 g/mol. The van der Waals surface area contributed by atoms with Crippen LogP contribution in [0.15, 0.2) is 42.6 Å². The second-order valence-electron chi connectivity index (χ2n) is 6.14. The summed E-state index contributed by atoms with van der Waals surface area (Å²) in [6.07, 6.45) is 2.51. The van der Waals surface area contributed by atoms with Crippen LogP contribution in [-0.2, 0) is 0 Å². The van der Waals surface area contributed by atoms with Gasteiger partial charge in [-0.25, -0.2) is 0 Å². The number of methoxy groups -OCH3 is 1. The molecule has 3 aromatic rings. The van der Waals surface area contributed by atoms with Crippen LogP contribution in [0.4, 0.5) is 0 Å². The number of ether oxygens (including phenoxy) is 1. The molecule has 128 valence electrons. The van der Waals surface area contributed by atoms with Gasteiger partial charge in [0.25, 0.3) is 5.91 Å². The summed E-state index contributed by atoms with van der Waals surface area (Å²) in [5.74, 6) is 1.09. The maximum Gasteiger partial charge on any atom is 0.271 e. The van der Waals surface area contributed by atoms with E-state index < -0.39 is 0 Å². The molecule has 1 aliphatic rings. The van der Waals surface area contributed by atoms with Gasteiger partial charge in [-0.05, 0) is 42.8 Å². The number of hydrogen-bond acceptors (Lipinski definition) is 4. The van der Waals surface area contributed by atoms with Crippen molar-refractivity contribution in [2.24, 2.45) is 0 Å². The fourth-order valence-corrected chi connectivity index (χ4v) is 3.20. The minimum absolute atomic E-state index is 0.00473. The average Bonchev–Trinajstić information content (AvgIpc) is 3.42. The first-order valence-electron chi connectivity index (χ1n) is 8.23. The van der Waals surface area contributed by atoms with E-state index in [1.54, 1.807) is 19.4 Å². The van der Waals surface area contributed by atoms with Gasteiger partial charge in [0.15, 0.2) is 0 Å². The van der Waals surface area contributed by atoms with Crippen molar-refractivity contribution in [2.45, 2.75) is 12.3 Å². The van der Waals surface area contributed by atoms with E-state index in [1.807, 2.05) is 29.2 Å². The van der Waals surface area contributed by atoms with E-state index >= 15 is 0 Å². The molecular weight excluding hydrogens is 318 g/mol. The van der Waals surface area contributed by atoms with E-state index in [0.717, 1.165) is 35.7 Å². The predicted molar refractivity (Wildman–Crippen MR) is 92.4 cm³/mol. The second kappa shape index (κ2) is 6.43. The SMILES string of the molecule is COc1ccc(-c2cc(C3CCN(C(=O)c4ccn[nH]4)C3)[nH]n2)cc1. The first kappa shape index (κ1) is 15.4. The molecule has 1 fully saturated rings. The van der Waals surface area contributed by atoms with Crippen molar-refractivity contribution >= 4 is 5.91 Å². The predicted octanol–water partition coefficient (Wildman–Crippen LogP) is 2.44. The number of likely N-dealkylation sites (tertiary alicyclic amines) is 1. The van der Waals surface area contributed by atoms with Gasteiger partial charge in [-0.3, -0.25) is 15.0 Å². The average molecular weight is 337 g/mol. The molecular formula is C18H19N5O2. The fraction of sp³-hybridized carbons (Fsp3) is 0.278. The van der Waals surface area contributed by atoms with Crippen molar-refractivity contribution in [1.29, 1.82) is 0 Å². The molecule has 0 bridgehead atoms. The van der Waals surface area contributed by atoms with E-state index in [0.29, 0.717) is 12.2 Å². The standard InChI is InChI=1S/C18H19N5O2/c1-25-14-4-2-12(3-5-14)16-10-17(22-21-16)13-7-9-23(11-13)18(24)15-6-8-19-20-15/h2-6,8,10,13H,7,9,11H2,1H3,(H,19,20)(H,21,22). The zero-order valence-corrected chi connectivity index (χ0v) is 13.9. The second-order valence-corrected chi connectivity index (χ2v) is 6.14. The number of aromatic amines is 2. The summed E-state index contributed by atoms with van der Waals surface area (Å²) in [6, 6.07) is 11.6. The van der Waals surface area contributed by atoms with Crippen LogP contribution in [0.3, 0.4) is 0 Å². The highest BCUT2D eigenvalue weighted by Gasteiger charge is 2.29. The number of rotatable bonds is 4. The Hall–Kier alpha value is -3.09. The Morgan fingerprint density at radius 3 is 2.80 bits per heavy atom. The maximum atomic E-state index is 12.4. The number of carbonyl (C=O) groups excluding carboxylic acids is 1. The summed E-state index contributed by atoms with van der Waals surface area (Å²) < 4.78 is 5.18. The minimum atomic E-state index is -0.00473. The van der Waals surface area contributed by atoms with Gasteiger partial charge >= 0.3 is 0 Å². The molecule has 7 heteroatoms. The molecule has 0 spiro atoms. The van der Waals surface area contributed by atoms with E-state index in [1.165, 1.54) is 0 Å². The van der Waals surface area contributed by atoms with Crippen LogP contribution in [0, 0.1) is 0 Å². The number of amides is 1. The number of hydrogen-bond donors (Lipinski definition) is 2. The molecule has 25 heavy (non-hydrogen) atoms. The third kappa shape index (κ3) is 3.00. The van der Waals surface area contributed by atoms with Gasteiger partial charge in [-0.15, -0.1) is 0 Å². The Morgan fingerprint density at radius 1 is 1.24 bits per heavy atom. The van der Waals surface area contributed by atoms with Crippen molar-refractivity contribution in [2.75, 3.05) is 20.2 Å². The number of aromatic nitrogens is 4. The molecule has 7 nitrogen and oxygen atoms in total. The Bertz CT molecular complexity index is 854. The van der Waals surface area contributed by atoms with E-state index in [-0.39, 0.29) is 11.8 Å². The lowest BCUT2D eigenvalue weighted by atomic mass is 10.0. The van der Waals surface area contributed by atoms with Gasteiger partial charge < -0.3 is 9.64 Å². The zero-order chi connectivity index (χ0) is 17.2. The third-order valence-corrected chi connectivity index (χ3v) is 4.63. The Balaban J connectivity index is 1.46. The van der Waals surface area contributed by atoms with Gasteiger partial charge in [-0.1, -0.05) is 0 Å². The summed E-state index contributed by atoms with van der Waals surface area (Å²) in [5, 5.41) is 14.1. The third-order valence-electron chi connectivity index (χ3n) is 4.63. The van der Waals surface area contributed by atoms with Gasteiger partial charge in [0.2, 0.25) is 0 Å². The Morgan fingerprint density at radius 2 is 2.08 bits per heavy atom. The topological polar surface area (TPSA) is 86.9 Å². The number of nitrogens with zero attached hydrogens (tertiary/aromatic N) is 3. The molecule has 3 heterocycles. The number of nitrogens with one attached hydrogen (secondary N) is 2. The molecule has 1 unspecified atom stereocenters. The number of H-pyrrole nitrogens is 2. The molecule has 1 amide bonds. The Kier molecular flexibility index (Phi) is 3.97. The van der Waals surface area contributed by atoms with Crippen molar-refractivity contribution in [1.82, 2.24) is 25.3 Å². The van der Waals surface area contributed by atoms with Crippen LogP contribution < -0.4 is 4.74 Å². The van der Waals surface area contributed by atoms with Crippen LogP contribution in [0.5, 0.6) is 5.75 Å². The summed E-state index contributed by atoms with van der Waals surface area (Å²) in [6.45, 7) is 1.42. The molecule has 0 radical (unpaired) electrons. The van der Waals surface area contributed by atoms with Crippen LogP contribution in [-0.4, -0.2) is 51.4 Å². The van der Waals surface area contributed by atoms with E-state index in [4.69, 9.17) is 4.74 Å². The van der Waals surface area contributed by atoms with Gasteiger partial charge in [0, 0.05) is 36.5 Å². The van der Waals surface area contributed by atoms with Crippen molar-refractivity contribution in [3.05, 3.63) is 54.0 Å². The zero-order valence-electron chi connectivity index (χ0n) is 13.9. The van der Waals surface area contributed by atoms with Crippen molar-refractivity contribution in [3.8, 4) is 17.0 Å². The van der Waals surface area contributed by atoms with Gasteiger partial charge in [-0.2, -0.15) is 10.2 Å². The van der Waals surface area contributed by atoms with Gasteiger partial charge in [0.05, 0.1) is 12.8 Å². The minimum Gasteiger partial charge on any atom is -0.497 e. The largest absolute Gasteiger partial charge is 0.497 e. The summed E-state index contributed by atoms with van der Waals surface area (Å²) in [7, 11) is 1.65. The van der Waals surface area contributed by atoms with Crippen LogP contribution >= 0.6 is 0 Å². The Labute approximate surface area is 145 Å². The first-order valence-corrected chi connectivity index (χ1v) is 8.23. The quantitative estimate of drug-likeness (QED) is 0.765.